The van der Waals surface area contributed by atoms with Gasteiger partial charge in [0.25, 0.3) is 12.3 Å². The van der Waals surface area contributed by atoms with E-state index in [-0.39, 0.29) is 35.1 Å². The lowest BCUT2D eigenvalue weighted by atomic mass is 9.71. The molecule has 0 saturated heterocycles. The maximum Gasteiger partial charge on any atom is 0.411 e. The van der Waals surface area contributed by atoms with Crippen molar-refractivity contribution in [3.8, 4) is 17.1 Å². The van der Waals surface area contributed by atoms with Gasteiger partial charge in [0.2, 0.25) is 5.96 Å². The molecule has 3 heterocycles. The van der Waals surface area contributed by atoms with Crippen LogP contribution >= 0.6 is 11.6 Å². The number of nitrogens with one attached hydrogen (secondary N) is 1. The van der Waals surface area contributed by atoms with Crippen LogP contribution in [-0.4, -0.2) is 76.2 Å². The van der Waals surface area contributed by atoms with Crippen molar-refractivity contribution >= 4 is 29.6 Å². The zero-order valence-electron chi connectivity index (χ0n) is 28.7. The lowest BCUT2D eigenvalue weighted by Gasteiger charge is -2.37. The van der Waals surface area contributed by atoms with E-state index in [4.69, 9.17) is 27.1 Å². The maximum atomic E-state index is 15.0. The monoisotopic (exact) mass is 761 g/mol. The number of alkyl halides is 5. The van der Waals surface area contributed by atoms with Gasteiger partial charge in [-0.1, -0.05) is 69.3 Å². The first-order chi connectivity index (χ1) is 24.8. The van der Waals surface area contributed by atoms with Crippen molar-refractivity contribution in [3.05, 3.63) is 82.9 Å². The van der Waals surface area contributed by atoms with Gasteiger partial charge in [0.05, 0.1) is 16.8 Å². The van der Waals surface area contributed by atoms with Gasteiger partial charge in [-0.05, 0) is 57.5 Å². The molecule has 280 valence electrons. The number of guanidine groups is 1. The number of carbonyl (C=O) groups is 2. The number of aliphatic imine (C=N–C) groups is 1. The van der Waals surface area contributed by atoms with Crippen LogP contribution in [0.15, 0.2) is 65.9 Å². The zero-order chi connectivity index (χ0) is 38.7. The Bertz CT molecular complexity index is 2110. The second-order valence-electron chi connectivity index (χ2n) is 13.6. The number of nitrogens with two attached hydrogens (primary N) is 1. The third kappa shape index (κ3) is 6.57. The van der Waals surface area contributed by atoms with Gasteiger partial charge in [0.1, 0.15) is 18.5 Å². The molecule has 2 amide bonds. The minimum atomic E-state index is -4.73. The molecular weight excluding hydrogens is 729 g/mol. The Morgan fingerprint density at radius 1 is 1.13 bits per heavy atom. The largest absolute Gasteiger partial charge is 0.447 e. The molecule has 0 bridgehead atoms. The summed E-state index contributed by atoms with van der Waals surface area (Å²) in [6.45, 7) is 8.98. The molecule has 3 N–H and O–H groups in total. The Morgan fingerprint density at radius 2 is 1.81 bits per heavy atom. The SMILES string of the molecule is C=C(C(C)(C)C)[C@]1(c2ccc(-c3nnnn3C)cc2)N=C(N)N([C@H](COC(=O)NC2(C(F)(F)F)CC2)c2ccc(Cl)c(-n3ncnc3C(F)F)c2)C1=O. The Morgan fingerprint density at radius 3 is 2.38 bits per heavy atom. The zero-order valence-corrected chi connectivity index (χ0v) is 29.5. The number of rotatable bonds is 10. The highest BCUT2D eigenvalue weighted by Crippen LogP contribution is 2.50. The molecule has 1 fully saturated rings. The molecule has 20 heteroatoms. The smallest absolute Gasteiger partial charge is 0.411 e. The van der Waals surface area contributed by atoms with Crippen LogP contribution < -0.4 is 11.1 Å². The van der Waals surface area contributed by atoms with E-state index in [9.17, 15) is 26.7 Å². The molecule has 2 aromatic carbocycles. The number of ether oxygens (including phenoxy) is 1. The van der Waals surface area contributed by atoms with E-state index >= 15 is 4.79 Å². The maximum absolute atomic E-state index is 15.0. The summed E-state index contributed by atoms with van der Waals surface area (Å²) in [5.41, 5.74) is 2.85. The molecule has 2 aliphatic rings. The van der Waals surface area contributed by atoms with E-state index in [1.165, 1.54) is 22.9 Å². The van der Waals surface area contributed by atoms with Crippen molar-refractivity contribution in [2.75, 3.05) is 6.61 Å². The average molecular weight is 762 g/mol. The molecule has 1 aliphatic carbocycles. The number of benzene rings is 2. The number of aryl methyl sites for hydroxylation is 1. The second kappa shape index (κ2) is 13.2. The highest BCUT2D eigenvalue weighted by Gasteiger charge is 2.65. The van der Waals surface area contributed by atoms with Crippen LogP contribution in [0.25, 0.3) is 17.1 Å². The molecule has 4 aromatic rings. The van der Waals surface area contributed by atoms with Crippen molar-refractivity contribution in [1.29, 1.82) is 0 Å². The third-order valence-electron chi connectivity index (χ3n) is 9.25. The summed E-state index contributed by atoms with van der Waals surface area (Å²) in [6.07, 6.45) is -8.97. The van der Waals surface area contributed by atoms with Crippen molar-refractivity contribution in [1.82, 2.24) is 45.2 Å². The van der Waals surface area contributed by atoms with Crippen molar-refractivity contribution < 1.29 is 36.3 Å². The van der Waals surface area contributed by atoms with E-state index in [2.05, 4.69) is 32.2 Å². The van der Waals surface area contributed by atoms with E-state index in [1.807, 2.05) is 26.1 Å². The fraction of sp³-hybridized carbons (Fsp3) is 0.394. The Hall–Kier alpha value is -5.46. The minimum Gasteiger partial charge on any atom is -0.447 e. The first kappa shape index (κ1) is 37.3. The number of nitrogens with zero attached hydrogens (tertiary/aromatic N) is 9. The molecule has 6 rings (SSSR count). The molecule has 53 heavy (non-hydrogen) atoms. The molecular formula is C33H33ClF5N11O3. The van der Waals surface area contributed by atoms with E-state index in [1.54, 1.807) is 31.3 Å². The van der Waals surface area contributed by atoms with Gasteiger partial charge in [-0.25, -0.2) is 32.9 Å². The summed E-state index contributed by atoms with van der Waals surface area (Å²) < 4.78 is 76.3. The van der Waals surface area contributed by atoms with Crippen LogP contribution in [0.1, 0.15) is 63.0 Å². The Kier molecular flexibility index (Phi) is 9.28. The predicted octanol–water partition coefficient (Wildman–Crippen LogP) is 5.57. The van der Waals surface area contributed by atoms with Gasteiger partial charge in [-0.2, -0.15) is 18.3 Å². The van der Waals surface area contributed by atoms with Gasteiger partial charge >= 0.3 is 12.3 Å². The summed E-state index contributed by atoms with van der Waals surface area (Å²) in [4.78, 5) is 37.2. The quantitative estimate of drug-likeness (QED) is 0.155. The number of aromatic nitrogens is 7. The number of alkyl carbamates (subject to hydrolysis) is 1. The summed E-state index contributed by atoms with van der Waals surface area (Å²) in [5, 5.41) is 17.2. The molecule has 1 saturated carbocycles. The molecule has 0 unspecified atom stereocenters. The second-order valence-corrected chi connectivity index (χ2v) is 14.1. The van der Waals surface area contributed by atoms with Gasteiger partial charge in [-0.15, -0.1) is 5.10 Å². The van der Waals surface area contributed by atoms with Crippen LogP contribution in [0.5, 0.6) is 0 Å². The number of hydrogen-bond acceptors (Lipinski definition) is 10. The Labute approximate surface area is 303 Å². The lowest BCUT2D eigenvalue weighted by Crippen LogP contribution is -2.50. The standard InChI is InChI=1S/C33H33ClF5N11O3/c1-17(30(2,3)4)32(20-9-6-18(7-10-20)25-45-46-47-48(25)5)27(51)49(28(40)43-32)23(15-53-29(52)44-31(12-13-31)33(37,38)39)19-8-11-21(34)22(14-19)50-26(24(35)36)41-16-42-50/h6-11,14,16,23-24H,1,12-13,15H2,2-5H3,(H2,40,43)(H,44,52)/t23-,32-/m1/s1. The third-order valence-corrected chi connectivity index (χ3v) is 9.57. The molecule has 1 aliphatic heterocycles. The van der Waals surface area contributed by atoms with Crippen molar-refractivity contribution in [3.63, 3.8) is 0 Å². The van der Waals surface area contributed by atoms with Crippen LogP contribution in [0.3, 0.4) is 0 Å². The summed E-state index contributed by atoms with van der Waals surface area (Å²) in [7, 11) is 1.66. The normalized spacial score (nSPS) is 19.0. The summed E-state index contributed by atoms with van der Waals surface area (Å²) in [6, 6.07) is 9.31. The minimum absolute atomic E-state index is 0.0394. The number of carbonyl (C=O) groups excluding carboxylic acids is 2. The molecule has 2 aromatic heterocycles. The number of amides is 2. The van der Waals surface area contributed by atoms with Crippen molar-refractivity contribution in [2.45, 2.75) is 63.3 Å². The van der Waals surface area contributed by atoms with Gasteiger partial charge < -0.3 is 15.8 Å². The average Bonchev–Trinajstić information content (AvgIpc) is 3.39. The first-order valence-electron chi connectivity index (χ1n) is 16.0. The summed E-state index contributed by atoms with van der Waals surface area (Å²) >= 11 is 6.42. The topological polar surface area (TPSA) is 171 Å². The predicted molar refractivity (Wildman–Crippen MR) is 180 cm³/mol. The molecule has 0 radical (unpaired) electrons. The van der Waals surface area contributed by atoms with Crippen LogP contribution in [-0.2, 0) is 22.1 Å². The van der Waals surface area contributed by atoms with Gasteiger partial charge in [-0.3, -0.25) is 9.69 Å². The lowest BCUT2D eigenvalue weighted by molar-refractivity contribution is -0.164. The van der Waals surface area contributed by atoms with Crippen LogP contribution in [0, 0.1) is 5.41 Å². The summed E-state index contributed by atoms with van der Waals surface area (Å²) in [5.74, 6) is -1.39. The number of halogens is 6. The number of tetrazole rings is 1. The van der Waals surface area contributed by atoms with E-state index < -0.39 is 59.6 Å². The Balaban J connectivity index is 1.44. The van der Waals surface area contributed by atoms with Crippen LogP contribution in [0.4, 0.5) is 26.7 Å². The molecule has 14 nitrogen and oxygen atoms in total. The van der Waals surface area contributed by atoms with Crippen LogP contribution in [0.2, 0.25) is 5.02 Å². The van der Waals surface area contributed by atoms with Gasteiger partial charge in [0, 0.05) is 12.6 Å². The first-order valence-corrected chi connectivity index (χ1v) is 16.4. The van der Waals surface area contributed by atoms with Crippen molar-refractivity contribution in [2.24, 2.45) is 23.2 Å². The highest BCUT2D eigenvalue weighted by molar-refractivity contribution is 6.32. The number of hydrogen-bond donors (Lipinski definition) is 2. The fourth-order valence-corrected chi connectivity index (χ4v) is 6.28. The molecule has 0 spiro atoms. The van der Waals surface area contributed by atoms with E-state index in [0.29, 0.717) is 22.5 Å². The molecule has 2 atom stereocenters. The van der Waals surface area contributed by atoms with Gasteiger partial charge in [0.15, 0.2) is 17.2 Å². The fourth-order valence-electron chi connectivity index (χ4n) is 6.08. The van der Waals surface area contributed by atoms with E-state index in [0.717, 1.165) is 15.9 Å². The highest BCUT2D eigenvalue weighted by atomic mass is 35.5.